The van der Waals surface area contributed by atoms with Gasteiger partial charge in [-0.25, -0.2) is 19.3 Å². The lowest BCUT2D eigenvalue weighted by Crippen LogP contribution is -2.17. The highest BCUT2D eigenvalue weighted by atomic mass is 32.2. The van der Waals surface area contributed by atoms with Crippen LogP contribution >= 0.6 is 19.4 Å². The third-order valence-electron chi connectivity index (χ3n) is 7.02. The van der Waals surface area contributed by atoms with Crippen LogP contribution in [0, 0.1) is 5.82 Å². The Morgan fingerprint density at radius 3 is 2.43 bits per heavy atom. The van der Waals surface area contributed by atoms with Gasteiger partial charge in [-0.1, -0.05) is 63.5 Å². The largest absolute Gasteiger partial charge is 0.382 e. The number of thioether (sulfide) groups is 1. The van der Waals surface area contributed by atoms with Crippen LogP contribution in [-0.2, 0) is 26.8 Å². The second-order valence-electron chi connectivity index (χ2n) is 10.8. The van der Waals surface area contributed by atoms with Gasteiger partial charge >= 0.3 is 7.60 Å². The topological polar surface area (TPSA) is 125 Å². The van der Waals surface area contributed by atoms with E-state index < -0.39 is 7.60 Å². The van der Waals surface area contributed by atoms with E-state index in [1.165, 1.54) is 70.2 Å². The Bertz CT molecular complexity index is 1230. The number of aromatic nitrogens is 4. The molecule has 1 unspecified atom stereocenters. The molecule has 2 heterocycles. The van der Waals surface area contributed by atoms with Crippen LogP contribution in [0.3, 0.4) is 0 Å². The monoisotopic (exact) mass is 623 g/mol. The van der Waals surface area contributed by atoms with Crippen molar-refractivity contribution in [2.75, 3.05) is 30.2 Å². The molecule has 3 rings (SSSR count). The van der Waals surface area contributed by atoms with Gasteiger partial charge in [0.2, 0.25) is 0 Å². The minimum atomic E-state index is -3.81. The zero-order valence-corrected chi connectivity index (χ0v) is 26.5. The Kier molecular flexibility index (Phi) is 15.8. The fourth-order valence-electron chi connectivity index (χ4n) is 4.73. The number of benzene rings is 1. The molecule has 3 aromatic rings. The van der Waals surface area contributed by atoms with Crippen LogP contribution in [-0.4, -0.2) is 55.0 Å². The number of fused-ring (bicyclic) bond motifs is 1. The highest BCUT2D eigenvalue weighted by Gasteiger charge is 2.21. The Morgan fingerprint density at radius 2 is 1.69 bits per heavy atom. The van der Waals surface area contributed by atoms with Crippen LogP contribution < -0.4 is 5.73 Å². The number of imidazole rings is 1. The summed E-state index contributed by atoms with van der Waals surface area (Å²) in [6.45, 7) is 2.46. The molecule has 234 valence electrons. The minimum Gasteiger partial charge on any atom is -0.382 e. The second-order valence-corrected chi connectivity index (χ2v) is 13.8. The maximum Gasteiger partial charge on any atom is 0.353 e. The van der Waals surface area contributed by atoms with Crippen LogP contribution in [0.2, 0.25) is 0 Å². The van der Waals surface area contributed by atoms with Gasteiger partial charge in [0.25, 0.3) is 0 Å². The standard InChI is InChI=1S/C30H47FN5O4PS/c1-25(21-36-23-35-28-29(32)33-22-34-30(28)36)39-24-41(37,38)40-17-13-19-42-18-11-9-7-5-3-2-4-6-8-10-14-26-15-12-16-27(31)20-26/h12,15-16,20,22-23,25H,2-11,13-14,17-19,21,24H2,1H3,(H,37,38)(H2,32,33,34)/t25-/m1/s1. The van der Waals surface area contributed by atoms with Gasteiger partial charge in [-0.3, -0.25) is 4.57 Å². The Labute approximate surface area is 253 Å². The molecule has 0 spiro atoms. The van der Waals surface area contributed by atoms with Gasteiger partial charge in [0.05, 0.1) is 25.6 Å². The number of nitrogens with two attached hydrogens (primary N) is 1. The third-order valence-corrected chi connectivity index (χ3v) is 9.24. The maximum absolute atomic E-state index is 13.2. The van der Waals surface area contributed by atoms with Crippen molar-refractivity contribution in [2.45, 2.75) is 96.6 Å². The first kappa shape index (κ1) is 34.5. The molecule has 0 amide bonds. The summed E-state index contributed by atoms with van der Waals surface area (Å²) < 4.78 is 38.1. The van der Waals surface area contributed by atoms with Gasteiger partial charge in [0, 0.05) is 0 Å². The van der Waals surface area contributed by atoms with E-state index in [2.05, 4.69) is 15.0 Å². The fraction of sp³-hybridized carbons (Fsp3) is 0.633. The molecule has 0 radical (unpaired) electrons. The lowest BCUT2D eigenvalue weighted by atomic mass is 10.0. The first-order valence-corrected chi connectivity index (χ1v) is 18.1. The van der Waals surface area contributed by atoms with E-state index in [-0.39, 0.29) is 24.9 Å². The fourth-order valence-corrected chi connectivity index (χ4v) is 6.60. The van der Waals surface area contributed by atoms with Crippen molar-refractivity contribution in [1.29, 1.82) is 0 Å². The highest BCUT2D eigenvalue weighted by Crippen LogP contribution is 2.42. The van der Waals surface area contributed by atoms with Gasteiger partial charge in [-0.15, -0.1) is 0 Å². The van der Waals surface area contributed by atoms with Crippen molar-refractivity contribution in [3.05, 3.63) is 48.3 Å². The molecule has 0 fully saturated rings. The van der Waals surface area contributed by atoms with Gasteiger partial charge in [0.15, 0.2) is 11.5 Å². The van der Waals surface area contributed by atoms with Crippen molar-refractivity contribution in [3.8, 4) is 0 Å². The number of aryl methyl sites for hydroxylation is 1. The molecule has 0 aliphatic carbocycles. The zero-order chi connectivity index (χ0) is 30.0. The van der Waals surface area contributed by atoms with Crippen molar-refractivity contribution < 1.29 is 23.1 Å². The summed E-state index contributed by atoms with van der Waals surface area (Å²) >= 11 is 1.87. The molecular formula is C30H47FN5O4PS. The number of ether oxygens (including phenoxy) is 1. The predicted molar refractivity (Wildman–Crippen MR) is 169 cm³/mol. The van der Waals surface area contributed by atoms with Crippen LogP contribution in [0.25, 0.3) is 11.2 Å². The Morgan fingerprint density at radius 1 is 1.00 bits per heavy atom. The number of halogens is 1. The third kappa shape index (κ3) is 13.5. The van der Waals surface area contributed by atoms with Crippen LogP contribution in [0.4, 0.5) is 10.2 Å². The summed E-state index contributed by atoms with van der Waals surface area (Å²) in [4.78, 5) is 22.4. The van der Waals surface area contributed by atoms with E-state index in [4.69, 9.17) is 15.0 Å². The average molecular weight is 624 g/mol. The number of hydrogen-bond acceptors (Lipinski definition) is 8. The molecule has 1 aromatic carbocycles. The highest BCUT2D eigenvalue weighted by molar-refractivity contribution is 7.99. The minimum absolute atomic E-state index is 0.138. The number of anilines is 1. The molecule has 0 aliphatic heterocycles. The molecule has 0 saturated carbocycles. The molecule has 12 heteroatoms. The Balaban J connectivity index is 1.08. The van der Waals surface area contributed by atoms with Crippen molar-refractivity contribution in [3.63, 3.8) is 0 Å². The molecule has 2 atom stereocenters. The first-order valence-electron chi connectivity index (χ1n) is 15.2. The lowest BCUT2D eigenvalue weighted by molar-refractivity contribution is 0.0718. The number of nitrogen functional groups attached to an aromatic ring is 1. The second kappa shape index (κ2) is 19.3. The maximum atomic E-state index is 13.2. The van der Waals surface area contributed by atoms with Crippen molar-refractivity contribution >= 4 is 36.3 Å². The van der Waals surface area contributed by atoms with Gasteiger partial charge in [-0.2, -0.15) is 11.8 Å². The summed E-state index contributed by atoms with van der Waals surface area (Å²) in [7, 11) is -3.81. The van der Waals surface area contributed by atoms with Crippen LogP contribution in [0.15, 0.2) is 36.9 Å². The van der Waals surface area contributed by atoms with Gasteiger partial charge in [0.1, 0.15) is 24.0 Å². The molecular weight excluding hydrogens is 576 g/mol. The molecule has 3 N–H and O–H groups in total. The summed E-state index contributed by atoms with van der Waals surface area (Å²) in [5.74, 6) is 2.20. The van der Waals surface area contributed by atoms with Crippen LogP contribution in [0.1, 0.15) is 83.1 Å². The molecule has 0 bridgehead atoms. The first-order chi connectivity index (χ1) is 20.3. The summed E-state index contributed by atoms with van der Waals surface area (Å²) in [6.07, 6.45) is 16.6. The number of nitrogens with zero attached hydrogens (tertiary/aromatic N) is 4. The summed E-state index contributed by atoms with van der Waals surface area (Å²) in [5.41, 5.74) is 8.03. The van der Waals surface area contributed by atoms with Crippen LogP contribution in [0.5, 0.6) is 0 Å². The Hall–Kier alpha value is -2.04. The SMILES string of the molecule is C[C@H](Cn1cnc2c(N)ncnc21)OCP(=O)(O)OCCCSCCCCCCCCCCCCc1cccc(F)c1. The molecule has 9 nitrogen and oxygen atoms in total. The molecule has 0 aliphatic rings. The number of unbranched alkanes of at least 4 members (excludes halogenated alkanes) is 9. The van der Waals surface area contributed by atoms with E-state index in [0.29, 0.717) is 23.5 Å². The molecule has 42 heavy (non-hydrogen) atoms. The smallest absolute Gasteiger partial charge is 0.353 e. The molecule has 2 aromatic heterocycles. The van der Waals surface area contributed by atoms with Crippen molar-refractivity contribution in [1.82, 2.24) is 19.5 Å². The average Bonchev–Trinajstić information content (AvgIpc) is 3.37. The van der Waals surface area contributed by atoms with E-state index in [1.807, 2.05) is 24.8 Å². The zero-order valence-electron chi connectivity index (χ0n) is 24.8. The number of rotatable bonds is 23. The van der Waals surface area contributed by atoms with E-state index in [0.717, 1.165) is 36.3 Å². The van der Waals surface area contributed by atoms with Gasteiger partial charge < -0.3 is 24.5 Å². The predicted octanol–water partition coefficient (Wildman–Crippen LogP) is 7.38. The molecule has 0 saturated heterocycles. The number of hydrogen-bond donors (Lipinski definition) is 2. The normalized spacial score (nSPS) is 13.9. The van der Waals surface area contributed by atoms with E-state index in [9.17, 15) is 13.8 Å². The summed E-state index contributed by atoms with van der Waals surface area (Å²) in [6, 6.07) is 6.94. The van der Waals surface area contributed by atoms with E-state index in [1.54, 1.807) is 23.0 Å². The quantitative estimate of drug-likeness (QED) is 0.0822. The lowest BCUT2D eigenvalue weighted by Gasteiger charge is -2.17. The van der Waals surface area contributed by atoms with E-state index >= 15 is 0 Å². The van der Waals surface area contributed by atoms with Crippen molar-refractivity contribution in [2.24, 2.45) is 0 Å². The summed E-state index contributed by atoms with van der Waals surface area (Å²) in [5, 5.41) is 0. The van der Waals surface area contributed by atoms with Gasteiger partial charge in [-0.05, 0) is 61.8 Å².